The summed E-state index contributed by atoms with van der Waals surface area (Å²) in [7, 11) is -3.31. The average Bonchev–Trinajstić information content (AvgIpc) is 2.93. The number of anilines is 2. The van der Waals surface area contributed by atoms with E-state index < -0.39 is 10.0 Å². The van der Waals surface area contributed by atoms with Crippen molar-refractivity contribution in [2.45, 2.75) is 59.0 Å². The van der Waals surface area contributed by atoms with Crippen LogP contribution in [0.25, 0.3) is 0 Å². The van der Waals surface area contributed by atoms with Crippen LogP contribution < -0.4 is 14.8 Å². The van der Waals surface area contributed by atoms with Gasteiger partial charge in [0.15, 0.2) is 0 Å². The van der Waals surface area contributed by atoms with Crippen molar-refractivity contribution in [2.75, 3.05) is 35.9 Å². The number of carbonyl (C=O) groups is 1. The van der Waals surface area contributed by atoms with Crippen LogP contribution in [-0.4, -0.2) is 56.2 Å². The van der Waals surface area contributed by atoms with E-state index in [1.54, 1.807) is 24.3 Å². The number of carbonyl (C=O) groups excluding carboxylic acids is 1. The van der Waals surface area contributed by atoms with E-state index in [4.69, 9.17) is 4.74 Å². The van der Waals surface area contributed by atoms with E-state index >= 15 is 0 Å². The van der Waals surface area contributed by atoms with Gasteiger partial charge in [-0.3, -0.25) is 9.62 Å². The standard InChI is InChI=1S/C32H42N4O4S.ClH/c1-5-6-20-36(32(37)33-31-24(2)8-7-9-25(31)3)28-18-21-35(22-19-28)23-26-10-14-29(15-11-26)40-30-16-12-27(13-17-30)34-41(4,38)39;/h7-17,28,34H,5-6,18-23H2,1-4H3,(H,33,37);1H. The maximum absolute atomic E-state index is 13.4. The SMILES string of the molecule is CCCCN(C(=O)Nc1c(C)cccc1C)C1CCN(Cc2ccc(Oc3ccc(NS(C)(=O)=O)cc3)cc2)CC1.Cl. The Labute approximate surface area is 256 Å². The Morgan fingerprint density at radius 1 is 0.952 bits per heavy atom. The van der Waals surface area contributed by atoms with Crippen molar-refractivity contribution < 1.29 is 17.9 Å². The van der Waals surface area contributed by atoms with Crippen molar-refractivity contribution in [3.8, 4) is 11.5 Å². The average molecular weight is 615 g/mol. The minimum Gasteiger partial charge on any atom is -0.457 e. The molecule has 0 bridgehead atoms. The topological polar surface area (TPSA) is 91.0 Å². The van der Waals surface area contributed by atoms with Gasteiger partial charge >= 0.3 is 6.03 Å². The highest BCUT2D eigenvalue weighted by Gasteiger charge is 2.28. The molecule has 42 heavy (non-hydrogen) atoms. The van der Waals surface area contributed by atoms with Gasteiger partial charge in [0, 0.05) is 43.6 Å². The summed E-state index contributed by atoms with van der Waals surface area (Å²) in [5.74, 6) is 1.35. The number of unbranched alkanes of at least 4 members (excludes halogenated alkanes) is 1. The first-order chi connectivity index (χ1) is 19.6. The fourth-order valence-electron chi connectivity index (χ4n) is 5.22. The molecule has 0 aliphatic carbocycles. The Bertz CT molecular complexity index is 1390. The molecule has 2 N–H and O–H groups in total. The number of rotatable bonds is 11. The Balaban J connectivity index is 0.00000484. The Morgan fingerprint density at radius 3 is 2.07 bits per heavy atom. The molecule has 228 valence electrons. The first-order valence-corrected chi connectivity index (χ1v) is 16.2. The van der Waals surface area contributed by atoms with E-state index in [0.29, 0.717) is 11.4 Å². The summed E-state index contributed by atoms with van der Waals surface area (Å²) in [6.45, 7) is 9.74. The predicted octanol–water partition coefficient (Wildman–Crippen LogP) is 7.19. The number of benzene rings is 3. The normalized spacial score (nSPS) is 14.1. The quantitative estimate of drug-likeness (QED) is 0.239. The second-order valence-electron chi connectivity index (χ2n) is 10.9. The summed E-state index contributed by atoms with van der Waals surface area (Å²) < 4.78 is 31.1. The number of amides is 2. The number of piperidine rings is 1. The Kier molecular flexibility index (Phi) is 12.1. The highest BCUT2D eigenvalue weighted by atomic mass is 35.5. The van der Waals surface area contributed by atoms with Crippen molar-refractivity contribution in [1.29, 1.82) is 0 Å². The van der Waals surface area contributed by atoms with E-state index in [1.807, 2.05) is 44.2 Å². The molecule has 0 aromatic heterocycles. The van der Waals surface area contributed by atoms with Crippen molar-refractivity contribution in [1.82, 2.24) is 9.80 Å². The first kappa shape index (κ1) is 33.2. The summed E-state index contributed by atoms with van der Waals surface area (Å²) in [5.41, 5.74) is 4.79. The van der Waals surface area contributed by atoms with Crippen molar-refractivity contribution in [2.24, 2.45) is 0 Å². The molecule has 1 aliphatic heterocycles. The van der Waals surface area contributed by atoms with Crippen LogP contribution in [0.2, 0.25) is 0 Å². The summed E-state index contributed by atoms with van der Waals surface area (Å²) >= 11 is 0. The smallest absolute Gasteiger partial charge is 0.322 e. The van der Waals surface area contributed by atoms with Gasteiger partial charge < -0.3 is 15.0 Å². The Morgan fingerprint density at radius 2 is 1.52 bits per heavy atom. The van der Waals surface area contributed by atoms with Crippen LogP contribution in [-0.2, 0) is 16.6 Å². The molecule has 10 heteroatoms. The lowest BCUT2D eigenvalue weighted by atomic mass is 10.0. The van der Waals surface area contributed by atoms with Crippen LogP contribution >= 0.6 is 12.4 Å². The van der Waals surface area contributed by atoms with Crippen LogP contribution in [0.3, 0.4) is 0 Å². The van der Waals surface area contributed by atoms with E-state index in [2.05, 4.69) is 38.9 Å². The maximum Gasteiger partial charge on any atom is 0.322 e. The first-order valence-electron chi connectivity index (χ1n) is 14.3. The molecular weight excluding hydrogens is 572 g/mol. The summed E-state index contributed by atoms with van der Waals surface area (Å²) in [6, 6.07) is 21.2. The molecule has 2 amide bonds. The number of hydrogen-bond donors (Lipinski definition) is 2. The van der Waals surface area contributed by atoms with Crippen LogP contribution in [0.4, 0.5) is 16.2 Å². The second kappa shape index (κ2) is 15.3. The number of halogens is 1. The fourth-order valence-corrected chi connectivity index (χ4v) is 5.78. The monoisotopic (exact) mass is 614 g/mol. The summed E-state index contributed by atoms with van der Waals surface area (Å²) in [5, 5.41) is 3.20. The third-order valence-corrected chi connectivity index (χ3v) is 8.05. The van der Waals surface area contributed by atoms with Crippen LogP contribution in [0, 0.1) is 13.8 Å². The largest absolute Gasteiger partial charge is 0.457 e. The molecule has 0 atom stereocenters. The van der Waals surface area contributed by atoms with Gasteiger partial charge in [0.25, 0.3) is 0 Å². The van der Waals surface area contributed by atoms with Gasteiger partial charge in [-0.1, -0.05) is 43.7 Å². The van der Waals surface area contributed by atoms with Gasteiger partial charge in [0.1, 0.15) is 11.5 Å². The Hall–Kier alpha value is -3.27. The lowest BCUT2D eigenvalue weighted by Gasteiger charge is -2.38. The molecule has 4 rings (SSSR count). The molecule has 0 spiro atoms. The molecule has 1 saturated heterocycles. The minimum atomic E-state index is -3.31. The number of ether oxygens (including phenoxy) is 1. The highest BCUT2D eigenvalue weighted by molar-refractivity contribution is 7.92. The third-order valence-electron chi connectivity index (χ3n) is 7.45. The van der Waals surface area contributed by atoms with E-state index in [-0.39, 0.29) is 24.5 Å². The molecule has 3 aromatic carbocycles. The van der Waals surface area contributed by atoms with Crippen LogP contribution in [0.15, 0.2) is 66.7 Å². The summed E-state index contributed by atoms with van der Waals surface area (Å²) in [4.78, 5) is 17.9. The molecule has 1 fully saturated rings. The van der Waals surface area contributed by atoms with Crippen LogP contribution in [0.1, 0.15) is 49.3 Å². The number of hydrogen-bond acceptors (Lipinski definition) is 5. The maximum atomic E-state index is 13.4. The van der Waals surface area contributed by atoms with Gasteiger partial charge in [-0.05, 0) is 86.2 Å². The van der Waals surface area contributed by atoms with E-state index in [9.17, 15) is 13.2 Å². The summed E-state index contributed by atoms with van der Waals surface area (Å²) in [6.07, 6.45) is 5.08. The van der Waals surface area contributed by atoms with Gasteiger partial charge in [-0.25, -0.2) is 13.2 Å². The van der Waals surface area contributed by atoms with E-state index in [1.165, 1.54) is 5.56 Å². The number of urea groups is 1. The van der Waals surface area contributed by atoms with Crippen LogP contribution in [0.5, 0.6) is 11.5 Å². The lowest BCUT2D eigenvalue weighted by molar-refractivity contribution is 0.122. The molecular formula is C32H43ClN4O4S. The number of para-hydroxylation sites is 1. The molecule has 1 aliphatic rings. The van der Waals surface area contributed by atoms with E-state index in [0.717, 1.165) is 80.7 Å². The zero-order valence-corrected chi connectivity index (χ0v) is 26.6. The number of aryl methyl sites for hydroxylation is 2. The molecule has 0 saturated carbocycles. The van der Waals surface area contributed by atoms with Gasteiger partial charge in [0.2, 0.25) is 10.0 Å². The fraction of sp³-hybridized carbons (Fsp3) is 0.406. The third kappa shape index (κ3) is 9.64. The second-order valence-corrected chi connectivity index (χ2v) is 12.6. The molecule has 1 heterocycles. The van der Waals surface area contributed by atoms with Crippen molar-refractivity contribution >= 4 is 39.8 Å². The number of nitrogens with zero attached hydrogens (tertiary/aromatic N) is 2. The van der Waals surface area contributed by atoms with Gasteiger partial charge in [0.05, 0.1) is 6.26 Å². The molecule has 8 nitrogen and oxygen atoms in total. The molecule has 0 unspecified atom stereocenters. The van der Waals surface area contributed by atoms with Gasteiger partial charge in [-0.2, -0.15) is 0 Å². The molecule has 0 radical (unpaired) electrons. The van der Waals surface area contributed by atoms with Gasteiger partial charge in [-0.15, -0.1) is 12.4 Å². The number of nitrogens with one attached hydrogen (secondary N) is 2. The zero-order chi connectivity index (χ0) is 29.4. The minimum absolute atomic E-state index is 0. The highest BCUT2D eigenvalue weighted by Crippen LogP contribution is 2.26. The lowest BCUT2D eigenvalue weighted by Crippen LogP contribution is -2.49. The zero-order valence-electron chi connectivity index (χ0n) is 24.9. The predicted molar refractivity (Wildman–Crippen MR) is 174 cm³/mol. The number of likely N-dealkylation sites (tertiary alicyclic amines) is 1. The molecule has 3 aromatic rings. The van der Waals surface area contributed by atoms with Crippen molar-refractivity contribution in [3.05, 3.63) is 83.4 Å². The van der Waals surface area contributed by atoms with Crippen molar-refractivity contribution in [3.63, 3.8) is 0 Å². The number of sulfonamides is 1.